The van der Waals surface area contributed by atoms with Crippen LogP contribution in [-0.4, -0.2) is 26.9 Å². The first kappa shape index (κ1) is 9.73. The summed E-state index contributed by atoms with van der Waals surface area (Å²) in [6, 6.07) is 0.984. The molecule has 5 nitrogen and oxygen atoms in total. The molecule has 0 saturated carbocycles. The number of aryl methyl sites for hydroxylation is 2. The largest absolute Gasteiger partial charge is 0.480 e. The van der Waals surface area contributed by atoms with Crippen LogP contribution in [-0.2, 0) is 18.3 Å². The van der Waals surface area contributed by atoms with Gasteiger partial charge in [-0.2, -0.15) is 5.10 Å². The van der Waals surface area contributed by atoms with E-state index < -0.39 is 12.0 Å². The topological polar surface area (TPSA) is 81.1 Å². The van der Waals surface area contributed by atoms with E-state index in [1.165, 1.54) is 0 Å². The van der Waals surface area contributed by atoms with Crippen molar-refractivity contribution in [1.29, 1.82) is 0 Å². The second-order valence-electron chi connectivity index (χ2n) is 3.05. The summed E-state index contributed by atoms with van der Waals surface area (Å²) < 4.78 is 1.65. The summed E-state index contributed by atoms with van der Waals surface area (Å²) in [5, 5.41) is 12.7. The van der Waals surface area contributed by atoms with Crippen LogP contribution in [0.3, 0.4) is 0 Å². The van der Waals surface area contributed by atoms with Crippen molar-refractivity contribution in [1.82, 2.24) is 9.78 Å². The van der Waals surface area contributed by atoms with Crippen molar-refractivity contribution in [3.05, 3.63) is 17.5 Å². The van der Waals surface area contributed by atoms with Crippen molar-refractivity contribution in [3.8, 4) is 0 Å². The number of carboxylic acids is 1. The third-order valence-corrected chi connectivity index (χ3v) is 1.85. The minimum atomic E-state index is -0.987. The van der Waals surface area contributed by atoms with Gasteiger partial charge in [-0.15, -0.1) is 0 Å². The first-order valence-electron chi connectivity index (χ1n) is 3.98. The standard InChI is InChI=1S/C8H13N3O2/c1-5-3-6(11(2)10-5)4-7(9)8(12)13/h3,7H,4,9H2,1-2H3,(H,12,13)/t7-/m0/s1. The zero-order valence-electron chi connectivity index (χ0n) is 7.69. The van der Waals surface area contributed by atoms with Crippen LogP contribution < -0.4 is 5.73 Å². The Balaban J connectivity index is 2.74. The Morgan fingerprint density at radius 2 is 2.46 bits per heavy atom. The van der Waals surface area contributed by atoms with Gasteiger partial charge in [0.1, 0.15) is 6.04 Å². The second-order valence-corrected chi connectivity index (χ2v) is 3.05. The van der Waals surface area contributed by atoms with E-state index in [1.807, 2.05) is 13.0 Å². The lowest BCUT2D eigenvalue weighted by molar-refractivity contribution is -0.138. The normalized spacial score (nSPS) is 12.8. The zero-order valence-corrected chi connectivity index (χ0v) is 7.69. The van der Waals surface area contributed by atoms with E-state index >= 15 is 0 Å². The summed E-state index contributed by atoms with van der Waals surface area (Å²) in [7, 11) is 1.77. The maximum absolute atomic E-state index is 10.5. The highest BCUT2D eigenvalue weighted by molar-refractivity contribution is 5.73. The van der Waals surface area contributed by atoms with Crippen molar-refractivity contribution >= 4 is 5.97 Å². The summed E-state index contributed by atoms with van der Waals surface area (Å²) in [4.78, 5) is 10.5. The van der Waals surface area contributed by atoms with E-state index in [9.17, 15) is 4.79 Å². The van der Waals surface area contributed by atoms with Gasteiger partial charge in [-0.05, 0) is 13.0 Å². The number of nitrogens with two attached hydrogens (primary N) is 1. The summed E-state index contributed by atoms with van der Waals surface area (Å²) in [5.74, 6) is -0.987. The lowest BCUT2D eigenvalue weighted by atomic mass is 10.1. The summed E-state index contributed by atoms with van der Waals surface area (Å²) in [5.41, 5.74) is 7.10. The fraction of sp³-hybridized carbons (Fsp3) is 0.500. The number of nitrogens with zero attached hydrogens (tertiary/aromatic N) is 2. The van der Waals surface area contributed by atoms with Crippen LogP contribution in [0, 0.1) is 6.92 Å². The minimum Gasteiger partial charge on any atom is -0.480 e. The lowest BCUT2D eigenvalue weighted by Gasteiger charge is -2.05. The molecule has 1 heterocycles. The highest BCUT2D eigenvalue weighted by atomic mass is 16.4. The third kappa shape index (κ3) is 2.29. The van der Waals surface area contributed by atoms with Crippen LogP contribution in [0.4, 0.5) is 0 Å². The Morgan fingerprint density at radius 3 is 2.85 bits per heavy atom. The average molecular weight is 183 g/mol. The molecule has 1 aromatic rings. The monoisotopic (exact) mass is 183 g/mol. The van der Waals surface area contributed by atoms with Gasteiger partial charge in [-0.1, -0.05) is 0 Å². The van der Waals surface area contributed by atoms with Crippen molar-refractivity contribution < 1.29 is 9.90 Å². The van der Waals surface area contributed by atoms with Crippen LogP contribution in [0.1, 0.15) is 11.4 Å². The summed E-state index contributed by atoms with van der Waals surface area (Å²) >= 11 is 0. The average Bonchev–Trinajstić information content (AvgIpc) is 2.30. The first-order chi connectivity index (χ1) is 6.00. The molecule has 0 spiro atoms. The van der Waals surface area contributed by atoms with Crippen LogP contribution >= 0.6 is 0 Å². The van der Waals surface area contributed by atoms with Gasteiger partial charge >= 0.3 is 5.97 Å². The molecular weight excluding hydrogens is 170 g/mol. The van der Waals surface area contributed by atoms with Gasteiger partial charge in [0.25, 0.3) is 0 Å². The molecule has 0 radical (unpaired) electrons. The number of carboxylic acid groups (broad SMARTS) is 1. The summed E-state index contributed by atoms with van der Waals surface area (Å²) in [6.45, 7) is 1.86. The maximum atomic E-state index is 10.5. The van der Waals surface area contributed by atoms with Gasteiger partial charge < -0.3 is 10.8 Å². The quantitative estimate of drug-likeness (QED) is 0.673. The van der Waals surface area contributed by atoms with Crippen LogP contribution in [0.25, 0.3) is 0 Å². The van der Waals surface area contributed by atoms with Gasteiger partial charge in [0.05, 0.1) is 5.69 Å². The van der Waals surface area contributed by atoms with Gasteiger partial charge in [0.2, 0.25) is 0 Å². The van der Waals surface area contributed by atoms with Crippen molar-refractivity contribution in [3.63, 3.8) is 0 Å². The number of aromatic nitrogens is 2. The highest BCUT2D eigenvalue weighted by Gasteiger charge is 2.14. The minimum absolute atomic E-state index is 0.312. The Kier molecular flexibility index (Phi) is 2.67. The fourth-order valence-electron chi connectivity index (χ4n) is 1.17. The fourth-order valence-corrected chi connectivity index (χ4v) is 1.17. The predicted molar refractivity (Wildman–Crippen MR) is 47.3 cm³/mol. The number of hydrogen-bond donors (Lipinski definition) is 2. The van der Waals surface area contributed by atoms with E-state index in [0.29, 0.717) is 6.42 Å². The molecule has 0 saturated heterocycles. The number of rotatable bonds is 3. The Labute approximate surface area is 76.2 Å². The molecule has 13 heavy (non-hydrogen) atoms. The van der Waals surface area contributed by atoms with Gasteiger partial charge in [-0.3, -0.25) is 9.48 Å². The van der Waals surface area contributed by atoms with E-state index in [0.717, 1.165) is 11.4 Å². The Morgan fingerprint density at radius 1 is 1.85 bits per heavy atom. The molecule has 1 aromatic heterocycles. The lowest BCUT2D eigenvalue weighted by Crippen LogP contribution is -2.32. The molecule has 0 bridgehead atoms. The number of hydrogen-bond acceptors (Lipinski definition) is 3. The molecule has 3 N–H and O–H groups in total. The molecule has 5 heteroatoms. The molecule has 0 amide bonds. The van der Waals surface area contributed by atoms with E-state index in [1.54, 1.807) is 11.7 Å². The third-order valence-electron chi connectivity index (χ3n) is 1.85. The molecule has 0 fully saturated rings. The molecule has 1 rings (SSSR count). The molecular formula is C8H13N3O2. The Hall–Kier alpha value is -1.36. The second kappa shape index (κ2) is 3.57. The number of aliphatic carboxylic acids is 1. The van der Waals surface area contributed by atoms with Gasteiger partial charge in [-0.25, -0.2) is 0 Å². The van der Waals surface area contributed by atoms with Crippen molar-refractivity contribution in [2.24, 2.45) is 12.8 Å². The molecule has 0 aliphatic heterocycles. The molecule has 0 unspecified atom stereocenters. The summed E-state index contributed by atoms with van der Waals surface area (Å²) in [6.07, 6.45) is 0.312. The van der Waals surface area contributed by atoms with Crippen LogP contribution in [0.15, 0.2) is 6.07 Å². The molecule has 0 aromatic carbocycles. The van der Waals surface area contributed by atoms with Crippen LogP contribution in [0.2, 0.25) is 0 Å². The highest BCUT2D eigenvalue weighted by Crippen LogP contribution is 2.04. The molecule has 1 atom stereocenters. The number of carbonyl (C=O) groups is 1. The molecule has 0 aliphatic carbocycles. The van der Waals surface area contributed by atoms with Crippen LogP contribution in [0.5, 0.6) is 0 Å². The van der Waals surface area contributed by atoms with Crippen molar-refractivity contribution in [2.45, 2.75) is 19.4 Å². The van der Waals surface area contributed by atoms with Crippen molar-refractivity contribution in [2.75, 3.05) is 0 Å². The maximum Gasteiger partial charge on any atom is 0.320 e. The van der Waals surface area contributed by atoms with Gasteiger partial charge in [0.15, 0.2) is 0 Å². The molecule has 0 aliphatic rings. The van der Waals surface area contributed by atoms with E-state index in [4.69, 9.17) is 10.8 Å². The Bertz CT molecular complexity index is 319. The van der Waals surface area contributed by atoms with E-state index in [-0.39, 0.29) is 0 Å². The smallest absolute Gasteiger partial charge is 0.320 e. The SMILES string of the molecule is Cc1cc(C[C@H](N)C(=O)O)n(C)n1. The predicted octanol–water partition coefficient (Wildman–Crippen LogP) is -0.317. The first-order valence-corrected chi connectivity index (χ1v) is 3.98. The molecule has 72 valence electrons. The van der Waals surface area contributed by atoms with Gasteiger partial charge in [0, 0.05) is 19.2 Å². The van der Waals surface area contributed by atoms with E-state index in [2.05, 4.69) is 5.10 Å². The zero-order chi connectivity index (χ0) is 10.0.